The van der Waals surface area contributed by atoms with E-state index in [4.69, 9.17) is 9.52 Å². The molecule has 2 rings (SSSR count). The maximum atomic E-state index is 12.4. The SMILES string of the molecule is Cc1coc(CC(=O)O)c1C(=O)NC1(C)CCCCC1. The summed E-state index contributed by atoms with van der Waals surface area (Å²) < 4.78 is 5.21. The van der Waals surface area contributed by atoms with Gasteiger partial charge in [0.05, 0.1) is 11.8 Å². The molecule has 5 nitrogen and oxygen atoms in total. The summed E-state index contributed by atoms with van der Waals surface area (Å²) in [5.74, 6) is -0.999. The molecule has 1 heterocycles. The molecule has 0 aromatic carbocycles. The van der Waals surface area contributed by atoms with Crippen LogP contribution in [0.3, 0.4) is 0 Å². The third-order valence-corrected chi connectivity index (χ3v) is 3.96. The highest BCUT2D eigenvalue weighted by atomic mass is 16.4. The van der Waals surface area contributed by atoms with Crippen LogP contribution in [0.15, 0.2) is 10.7 Å². The molecule has 1 saturated carbocycles. The molecule has 1 aromatic rings. The van der Waals surface area contributed by atoms with Crippen LogP contribution in [0.5, 0.6) is 0 Å². The number of nitrogens with one attached hydrogen (secondary N) is 1. The number of carbonyl (C=O) groups excluding carboxylic acids is 1. The van der Waals surface area contributed by atoms with Crippen molar-refractivity contribution in [3.8, 4) is 0 Å². The van der Waals surface area contributed by atoms with Crippen molar-refractivity contribution in [2.45, 2.75) is 57.9 Å². The van der Waals surface area contributed by atoms with Crippen LogP contribution in [-0.2, 0) is 11.2 Å². The quantitative estimate of drug-likeness (QED) is 0.888. The summed E-state index contributed by atoms with van der Waals surface area (Å²) in [6.07, 6.45) is 6.53. The molecule has 20 heavy (non-hydrogen) atoms. The fraction of sp³-hybridized carbons (Fsp3) is 0.600. The van der Waals surface area contributed by atoms with E-state index in [1.165, 1.54) is 12.7 Å². The summed E-state index contributed by atoms with van der Waals surface area (Å²) in [6.45, 7) is 3.81. The Morgan fingerprint density at radius 2 is 2.00 bits per heavy atom. The highest BCUT2D eigenvalue weighted by molar-refractivity contribution is 5.97. The van der Waals surface area contributed by atoms with Gasteiger partial charge in [0.25, 0.3) is 5.91 Å². The smallest absolute Gasteiger partial charge is 0.311 e. The molecule has 0 saturated heterocycles. The lowest BCUT2D eigenvalue weighted by molar-refractivity contribution is -0.136. The lowest BCUT2D eigenvalue weighted by atomic mass is 9.83. The van der Waals surface area contributed by atoms with Crippen molar-refractivity contribution in [2.75, 3.05) is 0 Å². The van der Waals surface area contributed by atoms with Gasteiger partial charge in [0.2, 0.25) is 0 Å². The first kappa shape index (κ1) is 14.6. The van der Waals surface area contributed by atoms with E-state index in [2.05, 4.69) is 12.2 Å². The van der Waals surface area contributed by atoms with Crippen LogP contribution in [0.4, 0.5) is 0 Å². The summed E-state index contributed by atoms with van der Waals surface area (Å²) in [5, 5.41) is 11.9. The van der Waals surface area contributed by atoms with Gasteiger partial charge in [-0.25, -0.2) is 0 Å². The van der Waals surface area contributed by atoms with Crippen molar-refractivity contribution in [3.63, 3.8) is 0 Å². The number of rotatable bonds is 4. The molecule has 0 radical (unpaired) electrons. The third-order valence-electron chi connectivity index (χ3n) is 3.96. The third kappa shape index (κ3) is 3.21. The molecule has 1 aliphatic rings. The molecular weight excluding hydrogens is 258 g/mol. The Hall–Kier alpha value is -1.78. The second kappa shape index (κ2) is 5.69. The van der Waals surface area contributed by atoms with Gasteiger partial charge in [0.15, 0.2) is 0 Å². The monoisotopic (exact) mass is 279 g/mol. The van der Waals surface area contributed by atoms with Gasteiger partial charge in [0.1, 0.15) is 12.2 Å². The van der Waals surface area contributed by atoms with Gasteiger partial charge in [-0.15, -0.1) is 0 Å². The van der Waals surface area contributed by atoms with E-state index >= 15 is 0 Å². The van der Waals surface area contributed by atoms with Crippen molar-refractivity contribution >= 4 is 11.9 Å². The average molecular weight is 279 g/mol. The number of amides is 1. The van der Waals surface area contributed by atoms with Crippen molar-refractivity contribution in [3.05, 3.63) is 23.2 Å². The zero-order chi connectivity index (χ0) is 14.8. The summed E-state index contributed by atoms with van der Waals surface area (Å²) in [5.41, 5.74) is 0.858. The van der Waals surface area contributed by atoms with E-state index in [-0.39, 0.29) is 23.6 Å². The van der Waals surface area contributed by atoms with E-state index < -0.39 is 5.97 Å². The number of aliphatic carboxylic acids is 1. The van der Waals surface area contributed by atoms with Gasteiger partial charge in [-0.2, -0.15) is 0 Å². The maximum absolute atomic E-state index is 12.4. The lowest BCUT2D eigenvalue weighted by Crippen LogP contribution is -2.47. The standard InChI is InChI=1S/C15H21NO4/c1-10-9-20-11(8-12(17)18)13(10)14(19)16-15(2)6-4-3-5-7-15/h9H,3-8H2,1-2H3,(H,16,19)(H,17,18). The first-order chi connectivity index (χ1) is 9.41. The van der Waals surface area contributed by atoms with Gasteiger partial charge >= 0.3 is 5.97 Å². The first-order valence-electron chi connectivity index (χ1n) is 7.02. The molecule has 1 aliphatic carbocycles. The molecule has 0 bridgehead atoms. The minimum Gasteiger partial charge on any atom is -0.481 e. The molecule has 2 N–H and O–H groups in total. The number of furan rings is 1. The molecule has 1 amide bonds. The van der Waals surface area contributed by atoms with Gasteiger partial charge in [0, 0.05) is 11.1 Å². The molecule has 0 aliphatic heterocycles. The van der Waals surface area contributed by atoms with Crippen LogP contribution in [-0.4, -0.2) is 22.5 Å². The van der Waals surface area contributed by atoms with Gasteiger partial charge in [-0.1, -0.05) is 19.3 Å². The van der Waals surface area contributed by atoms with E-state index in [1.54, 1.807) is 6.92 Å². The molecule has 0 spiro atoms. The highest BCUT2D eigenvalue weighted by Crippen LogP contribution is 2.28. The Bertz CT molecular complexity index is 512. The van der Waals surface area contributed by atoms with Gasteiger partial charge < -0.3 is 14.8 Å². The van der Waals surface area contributed by atoms with Crippen LogP contribution in [0, 0.1) is 6.92 Å². The maximum Gasteiger partial charge on any atom is 0.311 e. The summed E-state index contributed by atoms with van der Waals surface area (Å²) >= 11 is 0. The first-order valence-corrected chi connectivity index (χ1v) is 7.02. The second-order valence-electron chi connectivity index (χ2n) is 5.86. The number of aryl methyl sites for hydroxylation is 1. The van der Waals surface area contributed by atoms with E-state index in [0.29, 0.717) is 11.1 Å². The van der Waals surface area contributed by atoms with E-state index in [0.717, 1.165) is 25.7 Å². The van der Waals surface area contributed by atoms with Crippen molar-refractivity contribution in [2.24, 2.45) is 0 Å². The van der Waals surface area contributed by atoms with Crippen LogP contribution in [0.25, 0.3) is 0 Å². The normalized spacial score (nSPS) is 17.7. The second-order valence-corrected chi connectivity index (χ2v) is 5.86. The molecule has 1 fully saturated rings. The average Bonchev–Trinajstić information content (AvgIpc) is 2.70. The molecule has 0 unspecified atom stereocenters. The lowest BCUT2D eigenvalue weighted by Gasteiger charge is -2.34. The zero-order valence-electron chi connectivity index (χ0n) is 12.0. The Morgan fingerprint density at radius 1 is 1.35 bits per heavy atom. The molecule has 110 valence electrons. The van der Waals surface area contributed by atoms with Crippen LogP contribution < -0.4 is 5.32 Å². The molecular formula is C15H21NO4. The number of carbonyl (C=O) groups is 2. The minimum atomic E-state index is -1.00. The Kier molecular flexibility index (Phi) is 4.16. The molecule has 5 heteroatoms. The fourth-order valence-corrected chi connectivity index (χ4v) is 2.86. The largest absolute Gasteiger partial charge is 0.481 e. The number of hydrogen-bond donors (Lipinski definition) is 2. The topological polar surface area (TPSA) is 79.5 Å². The predicted molar refractivity (Wildman–Crippen MR) is 73.7 cm³/mol. The van der Waals surface area contributed by atoms with Crippen LogP contribution in [0.2, 0.25) is 0 Å². The summed E-state index contributed by atoms with van der Waals surface area (Å²) in [6, 6.07) is 0. The van der Waals surface area contributed by atoms with Crippen LogP contribution in [0.1, 0.15) is 60.7 Å². The molecule has 1 aromatic heterocycles. The highest BCUT2D eigenvalue weighted by Gasteiger charge is 2.31. The van der Waals surface area contributed by atoms with Gasteiger partial charge in [-0.05, 0) is 26.7 Å². The summed E-state index contributed by atoms with van der Waals surface area (Å²) in [4.78, 5) is 23.3. The zero-order valence-corrected chi connectivity index (χ0v) is 12.0. The van der Waals surface area contributed by atoms with Crippen LogP contribution >= 0.6 is 0 Å². The van der Waals surface area contributed by atoms with Crippen molar-refractivity contribution in [1.29, 1.82) is 0 Å². The molecule has 0 atom stereocenters. The van der Waals surface area contributed by atoms with E-state index in [9.17, 15) is 9.59 Å². The Balaban J connectivity index is 2.16. The fourth-order valence-electron chi connectivity index (χ4n) is 2.86. The Labute approximate surface area is 118 Å². The number of hydrogen-bond acceptors (Lipinski definition) is 3. The predicted octanol–water partition coefficient (Wildman–Crippen LogP) is 2.67. The van der Waals surface area contributed by atoms with Crippen molar-refractivity contribution in [1.82, 2.24) is 5.32 Å². The minimum absolute atomic E-state index is 0.195. The van der Waals surface area contributed by atoms with Crippen molar-refractivity contribution < 1.29 is 19.1 Å². The Morgan fingerprint density at radius 3 is 2.60 bits per heavy atom. The van der Waals surface area contributed by atoms with Gasteiger partial charge in [-0.3, -0.25) is 9.59 Å². The number of carboxylic acids is 1. The summed E-state index contributed by atoms with van der Waals surface area (Å²) in [7, 11) is 0. The number of carboxylic acid groups (broad SMARTS) is 1. The van der Waals surface area contributed by atoms with E-state index in [1.807, 2.05) is 0 Å².